The van der Waals surface area contributed by atoms with Crippen LogP contribution in [0.4, 0.5) is 0 Å². The summed E-state index contributed by atoms with van der Waals surface area (Å²) in [5, 5.41) is 8.95. The van der Waals surface area contributed by atoms with Gasteiger partial charge in [-0.15, -0.1) is 24.2 Å². The molecule has 2 unspecified atom stereocenters. The van der Waals surface area contributed by atoms with Gasteiger partial charge in [-0.3, -0.25) is 4.79 Å². The summed E-state index contributed by atoms with van der Waals surface area (Å²) >= 11 is 1.62. The van der Waals surface area contributed by atoms with E-state index in [0.29, 0.717) is 0 Å². The van der Waals surface area contributed by atoms with Crippen molar-refractivity contribution in [2.45, 2.75) is 36.1 Å². The monoisotopic (exact) mass is 233 g/mol. The van der Waals surface area contributed by atoms with E-state index in [1.54, 1.807) is 16.7 Å². The summed E-state index contributed by atoms with van der Waals surface area (Å²) in [7, 11) is 0. The molecule has 0 radical (unpaired) electrons. The second-order valence-electron chi connectivity index (χ2n) is 3.91. The molecule has 0 aliphatic carbocycles. The molecule has 2 N–H and O–H groups in total. The van der Waals surface area contributed by atoms with Gasteiger partial charge in [0, 0.05) is 4.75 Å². The molecule has 1 amide bonds. The standard InChI is InChI=1S/C8H11N3OS.ClH/c1-8(2)4(3-9)11-6(12)5(10)7(11)13-8;/h4-5,7H,10H2,1-2H3;1H/t4?,5?,7-;/m1./s1. The number of nitrogens with zero attached hydrogens (tertiary/aromatic N) is 2. The molecule has 0 aromatic heterocycles. The maximum absolute atomic E-state index is 11.3. The lowest BCUT2D eigenvalue weighted by Crippen LogP contribution is -2.67. The molecule has 2 aliphatic heterocycles. The van der Waals surface area contributed by atoms with Crippen molar-refractivity contribution >= 4 is 30.1 Å². The minimum Gasteiger partial charge on any atom is -0.317 e. The summed E-state index contributed by atoms with van der Waals surface area (Å²) in [6.45, 7) is 3.95. The Kier molecular flexibility index (Phi) is 2.74. The van der Waals surface area contributed by atoms with Gasteiger partial charge >= 0.3 is 0 Å². The molecule has 2 fully saturated rings. The van der Waals surface area contributed by atoms with Crippen LogP contribution in [0.15, 0.2) is 0 Å². The minimum absolute atomic E-state index is 0. The van der Waals surface area contributed by atoms with Crippen LogP contribution in [0.2, 0.25) is 0 Å². The van der Waals surface area contributed by atoms with Crippen LogP contribution in [0.3, 0.4) is 0 Å². The van der Waals surface area contributed by atoms with Crippen LogP contribution in [0, 0.1) is 11.3 Å². The van der Waals surface area contributed by atoms with Gasteiger partial charge in [-0.05, 0) is 13.8 Å². The number of hydrogen-bond donors (Lipinski definition) is 1. The van der Waals surface area contributed by atoms with E-state index < -0.39 is 6.04 Å². The molecule has 78 valence electrons. The molecule has 0 spiro atoms. The maximum Gasteiger partial charge on any atom is 0.244 e. The molecule has 0 aromatic rings. The van der Waals surface area contributed by atoms with Crippen LogP contribution in [0.5, 0.6) is 0 Å². The number of hydrogen-bond acceptors (Lipinski definition) is 4. The van der Waals surface area contributed by atoms with E-state index in [1.165, 1.54) is 0 Å². The van der Waals surface area contributed by atoms with Crippen molar-refractivity contribution in [3.63, 3.8) is 0 Å². The van der Waals surface area contributed by atoms with Gasteiger partial charge in [-0.1, -0.05) is 0 Å². The Balaban J connectivity index is 0.000000980. The Hall–Kier alpha value is -0.440. The van der Waals surface area contributed by atoms with E-state index in [9.17, 15) is 4.79 Å². The number of nitriles is 1. The third-order valence-electron chi connectivity index (χ3n) is 2.60. The van der Waals surface area contributed by atoms with Gasteiger partial charge in [-0.2, -0.15) is 5.26 Å². The fourth-order valence-electron chi connectivity index (χ4n) is 1.84. The third kappa shape index (κ3) is 1.22. The lowest BCUT2D eigenvalue weighted by molar-refractivity contribution is -0.145. The summed E-state index contributed by atoms with van der Waals surface area (Å²) in [5.41, 5.74) is 5.62. The number of thioether (sulfide) groups is 1. The second-order valence-corrected chi connectivity index (χ2v) is 5.69. The Morgan fingerprint density at radius 3 is 2.71 bits per heavy atom. The first-order valence-electron chi connectivity index (χ1n) is 4.14. The quantitative estimate of drug-likeness (QED) is 0.612. The highest BCUT2D eigenvalue weighted by atomic mass is 35.5. The van der Waals surface area contributed by atoms with Crippen LogP contribution in [0.25, 0.3) is 0 Å². The lowest BCUT2D eigenvalue weighted by atomic mass is 9.98. The van der Waals surface area contributed by atoms with E-state index in [1.807, 2.05) is 13.8 Å². The van der Waals surface area contributed by atoms with Gasteiger partial charge in [0.1, 0.15) is 17.5 Å². The molecule has 2 aliphatic rings. The number of rotatable bonds is 0. The number of halogens is 1. The van der Waals surface area contributed by atoms with E-state index >= 15 is 0 Å². The summed E-state index contributed by atoms with van der Waals surface area (Å²) in [5.74, 6) is -0.0883. The van der Waals surface area contributed by atoms with Crippen LogP contribution >= 0.6 is 24.2 Å². The van der Waals surface area contributed by atoms with Crippen molar-refractivity contribution in [1.29, 1.82) is 5.26 Å². The number of nitrogens with two attached hydrogens (primary N) is 1. The Labute approximate surface area is 93.2 Å². The van der Waals surface area contributed by atoms with Gasteiger partial charge in [0.15, 0.2) is 0 Å². The molecule has 2 rings (SSSR count). The minimum atomic E-state index is -0.400. The molecule has 2 heterocycles. The zero-order valence-electron chi connectivity index (χ0n) is 7.93. The summed E-state index contributed by atoms with van der Waals surface area (Å²) < 4.78 is -0.191. The highest BCUT2D eigenvalue weighted by Gasteiger charge is 2.60. The van der Waals surface area contributed by atoms with Crippen LogP contribution in [0.1, 0.15) is 13.8 Å². The molecule has 0 bridgehead atoms. The molecule has 0 saturated carbocycles. The maximum atomic E-state index is 11.3. The summed E-state index contributed by atoms with van der Waals surface area (Å²) in [6, 6.07) is 1.44. The van der Waals surface area contributed by atoms with Crippen molar-refractivity contribution in [1.82, 2.24) is 4.90 Å². The normalized spacial score (nSPS) is 38.0. The van der Waals surface area contributed by atoms with Gasteiger partial charge in [0.25, 0.3) is 0 Å². The number of β-lactam (4-membered cyclic amide) rings is 1. The van der Waals surface area contributed by atoms with Crippen molar-refractivity contribution in [3.8, 4) is 6.07 Å². The average molecular weight is 234 g/mol. The smallest absolute Gasteiger partial charge is 0.244 e. The number of carbonyl (C=O) groups excluding carboxylic acids is 1. The fraction of sp³-hybridized carbons (Fsp3) is 0.750. The zero-order chi connectivity index (χ0) is 9.80. The molecular weight excluding hydrogens is 222 g/mol. The van der Waals surface area contributed by atoms with E-state index in [4.69, 9.17) is 11.0 Å². The first-order valence-corrected chi connectivity index (χ1v) is 5.02. The largest absolute Gasteiger partial charge is 0.317 e. The van der Waals surface area contributed by atoms with Crippen LogP contribution in [-0.4, -0.2) is 33.0 Å². The second kappa shape index (κ2) is 3.30. The van der Waals surface area contributed by atoms with Gasteiger partial charge in [0.05, 0.1) is 6.07 Å². The van der Waals surface area contributed by atoms with Crippen LogP contribution < -0.4 is 5.73 Å². The van der Waals surface area contributed by atoms with Gasteiger partial charge in [-0.25, -0.2) is 0 Å². The highest BCUT2D eigenvalue weighted by Crippen LogP contribution is 2.49. The van der Waals surface area contributed by atoms with E-state index in [0.717, 1.165) is 0 Å². The van der Waals surface area contributed by atoms with E-state index in [-0.39, 0.29) is 34.5 Å². The van der Waals surface area contributed by atoms with Gasteiger partial charge in [0.2, 0.25) is 5.91 Å². The molecule has 0 aromatic carbocycles. The average Bonchev–Trinajstić information content (AvgIpc) is 2.33. The first kappa shape index (κ1) is 11.6. The molecule has 6 heteroatoms. The SMILES string of the molecule is CC1(C)S[C@@H]2C(N)C(=O)N2C1C#N.Cl. The Bertz CT molecular complexity index is 314. The summed E-state index contributed by atoms with van der Waals surface area (Å²) in [4.78, 5) is 12.9. The summed E-state index contributed by atoms with van der Waals surface area (Å²) in [6.07, 6.45) is 0. The molecule has 2 saturated heterocycles. The zero-order valence-corrected chi connectivity index (χ0v) is 9.56. The topological polar surface area (TPSA) is 70.1 Å². The third-order valence-corrected chi connectivity index (χ3v) is 4.20. The molecule has 4 nitrogen and oxygen atoms in total. The first-order chi connectivity index (χ1) is 5.99. The fourth-order valence-corrected chi connectivity index (χ4v) is 3.36. The lowest BCUT2D eigenvalue weighted by Gasteiger charge is -2.40. The van der Waals surface area contributed by atoms with E-state index in [2.05, 4.69) is 6.07 Å². The number of carbonyl (C=O) groups is 1. The van der Waals surface area contributed by atoms with Crippen molar-refractivity contribution in [2.24, 2.45) is 5.73 Å². The predicted octanol–water partition coefficient (Wildman–Crippen LogP) is 0.321. The highest BCUT2D eigenvalue weighted by molar-refractivity contribution is 8.01. The van der Waals surface area contributed by atoms with Crippen LogP contribution in [-0.2, 0) is 4.79 Å². The van der Waals surface area contributed by atoms with Gasteiger partial charge < -0.3 is 10.6 Å². The molecule has 3 atom stereocenters. The Morgan fingerprint density at radius 2 is 2.21 bits per heavy atom. The molecular formula is C8H12ClN3OS. The predicted molar refractivity (Wildman–Crippen MR) is 56.9 cm³/mol. The number of fused-ring (bicyclic) bond motifs is 1. The van der Waals surface area contributed by atoms with Crippen molar-refractivity contribution in [3.05, 3.63) is 0 Å². The molecule has 14 heavy (non-hydrogen) atoms. The Morgan fingerprint density at radius 1 is 1.64 bits per heavy atom. The van der Waals surface area contributed by atoms with Crippen molar-refractivity contribution in [2.75, 3.05) is 0 Å². The number of amides is 1. The van der Waals surface area contributed by atoms with Crippen molar-refractivity contribution < 1.29 is 4.79 Å².